The van der Waals surface area contributed by atoms with E-state index < -0.39 is 11.9 Å². The van der Waals surface area contributed by atoms with E-state index in [4.69, 9.17) is 21.4 Å². The fraction of sp³-hybridized carbons (Fsp3) is 0.0455. The first kappa shape index (κ1) is 20.1. The highest BCUT2D eigenvalue weighted by molar-refractivity contribution is 6.31. The molecule has 0 unspecified atom stereocenters. The Kier molecular flexibility index (Phi) is 6.60. The molecule has 0 radical (unpaired) electrons. The zero-order chi connectivity index (χ0) is 20.6. The van der Waals surface area contributed by atoms with Crippen LogP contribution in [0.5, 0.6) is 5.75 Å². The average molecular weight is 409 g/mol. The van der Waals surface area contributed by atoms with Gasteiger partial charge in [-0.15, -0.1) is 0 Å². The maximum atomic E-state index is 12.1. The second-order valence-electron chi connectivity index (χ2n) is 6.00. The molecule has 146 valence electrons. The number of carboxylic acid groups (broad SMARTS) is 1. The molecule has 29 heavy (non-hydrogen) atoms. The average Bonchev–Trinajstić information content (AvgIpc) is 2.74. The van der Waals surface area contributed by atoms with E-state index in [1.54, 1.807) is 18.2 Å². The van der Waals surface area contributed by atoms with Gasteiger partial charge in [-0.05, 0) is 42.5 Å². The number of para-hydroxylation sites is 1. The Morgan fingerprint density at radius 1 is 0.966 bits per heavy atom. The number of hydrazone groups is 1. The van der Waals surface area contributed by atoms with Gasteiger partial charge >= 0.3 is 5.97 Å². The largest absolute Gasteiger partial charge is 0.488 e. The standard InChI is InChI=1S/C22H17ClN2O4/c23-19-7-3-1-6-18(19)14-29-20-8-4-2-5-17(20)13-24-25-21(26)15-9-11-16(12-10-15)22(27)28/h1-13H,14H2,(H,25,26)(H,27,28)/b24-13+. The third-order valence-corrected chi connectivity index (χ3v) is 4.39. The van der Waals surface area contributed by atoms with Gasteiger partial charge in [-0.1, -0.05) is 41.9 Å². The molecule has 0 spiro atoms. The molecule has 0 aromatic heterocycles. The summed E-state index contributed by atoms with van der Waals surface area (Å²) >= 11 is 6.15. The van der Waals surface area contributed by atoms with Crippen LogP contribution >= 0.6 is 11.6 Å². The Hall–Kier alpha value is -3.64. The van der Waals surface area contributed by atoms with Crippen LogP contribution in [0.2, 0.25) is 5.02 Å². The molecule has 6 nitrogen and oxygen atoms in total. The van der Waals surface area contributed by atoms with Gasteiger partial charge in [0.1, 0.15) is 12.4 Å². The second kappa shape index (κ2) is 9.52. The van der Waals surface area contributed by atoms with Crippen molar-refractivity contribution in [1.82, 2.24) is 5.43 Å². The quantitative estimate of drug-likeness (QED) is 0.448. The van der Waals surface area contributed by atoms with E-state index in [9.17, 15) is 9.59 Å². The molecular weight excluding hydrogens is 392 g/mol. The molecule has 0 saturated carbocycles. The Morgan fingerprint density at radius 3 is 2.34 bits per heavy atom. The van der Waals surface area contributed by atoms with E-state index in [1.165, 1.54) is 30.5 Å². The number of rotatable bonds is 7. The number of nitrogens with one attached hydrogen (secondary N) is 1. The second-order valence-corrected chi connectivity index (χ2v) is 6.41. The summed E-state index contributed by atoms with van der Waals surface area (Å²) in [6.45, 7) is 0.298. The molecular formula is C22H17ClN2O4. The number of halogens is 1. The zero-order valence-corrected chi connectivity index (χ0v) is 16.0. The first-order valence-electron chi connectivity index (χ1n) is 8.66. The summed E-state index contributed by atoms with van der Waals surface area (Å²) in [6.07, 6.45) is 1.48. The van der Waals surface area contributed by atoms with Crippen molar-refractivity contribution in [3.63, 3.8) is 0 Å². The maximum absolute atomic E-state index is 12.1. The zero-order valence-electron chi connectivity index (χ0n) is 15.2. The predicted molar refractivity (Wildman–Crippen MR) is 111 cm³/mol. The highest BCUT2D eigenvalue weighted by Gasteiger charge is 2.07. The number of ether oxygens (including phenoxy) is 1. The van der Waals surface area contributed by atoms with Gasteiger partial charge in [0.05, 0.1) is 11.8 Å². The molecule has 0 aliphatic carbocycles. The van der Waals surface area contributed by atoms with E-state index in [2.05, 4.69) is 10.5 Å². The van der Waals surface area contributed by atoms with Crippen molar-refractivity contribution in [3.8, 4) is 5.75 Å². The van der Waals surface area contributed by atoms with Gasteiger partial charge in [0.15, 0.2) is 0 Å². The number of carbonyl (C=O) groups is 2. The monoisotopic (exact) mass is 408 g/mol. The fourth-order valence-electron chi connectivity index (χ4n) is 2.48. The van der Waals surface area contributed by atoms with Crippen molar-refractivity contribution in [2.75, 3.05) is 0 Å². The molecule has 0 atom stereocenters. The Morgan fingerprint density at radius 2 is 1.62 bits per heavy atom. The van der Waals surface area contributed by atoms with Gasteiger partial charge in [-0.2, -0.15) is 5.10 Å². The third kappa shape index (κ3) is 5.43. The molecule has 3 aromatic rings. The van der Waals surface area contributed by atoms with Crippen LogP contribution in [0.1, 0.15) is 31.8 Å². The van der Waals surface area contributed by atoms with Gasteiger partial charge in [0, 0.05) is 21.7 Å². The van der Waals surface area contributed by atoms with Crippen molar-refractivity contribution in [1.29, 1.82) is 0 Å². The molecule has 0 fully saturated rings. The molecule has 7 heteroatoms. The number of carboxylic acids is 1. The number of aromatic carboxylic acids is 1. The fourth-order valence-corrected chi connectivity index (χ4v) is 2.67. The van der Waals surface area contributed by atoms with Gasteiger partial charge in [0.25, 0.3) is 5.91 Å². The van der Waals surface area contributed by atoms with Crippen LogP contribution in [-0.2, 0) is 6.61 Å². The molecule has 1 amide bonds. The van der Waals surface area contributed by atoms with E-state index in [0.717, 1.165) is 5.56 Å². The number of benzene rings is 3. The molecule has 0 saturated heterocycles. The summed E-state index contributed by atoms with van der Waals surface area (Å²) in [5.74, 6) is -0.910. The smallest absolute Gasteiger partial charge is 0.335 e. The summed E-state index contributed by atoms with van der Waals surface area (Å²) in [5.41, 5.74) is 4.36. The van der Waals surface area contributed by atoms with Crippen LogP contribution in [0.15, 0.2) is 77.9 Å². The topological polar surface area (TPSA) is 88.0 Å². The van der Waals surface area contributed by atoms with Crippen molar-refractivity contribution in [3.05, 3.63) is 100 Å². The summed E-state index contributed by atoms with van der Waals surface area (Å²) < 4.78 is 5.84. The molecule has 0 heterocycles. The number of carbonyl (C=O) groups excluding carboxylic acids is 1. The number of nitrogens with zero attached hydrogens (tertiary/aromatic N) is 1. The van der Waals surface area contributed by atoms with Crippen molar-refractivity contribution in [2.45, 2.75) is 6.61 Å². The normalized spacial score (nSPS) is 10.7. The van der Waals surface area contributed by atoms with E-state index >= 15 is 0 Å². The summed E-state index contributed by atoms with van der Waals surface area (Å²) in [6, 6.07) is 20.3. The molecule has 0 aliphatic heterocycles. The number of hydrogen-bond donors (Lipinski definition) is 2. The Labute approximate surface area is 172 Å². The third-order valence-electron chi connectivity index (χ3n) is 4.02. The van der Waals surface area contributed by atoms with Crippen molar-refractivity contribution < 1.29 is 19.4 Å². The first-order valence-corrected chi connectivity index (χ1v) is 9.04. The van der Waals surface area contributed by atoms with Gasteiger partial charge in [-0.25, -0.2) is 10.2 Å². The van der Waals surface area contributed by atoms with Gasteiger partial charge in [-0.3, -0.25) is 4.79 Å². The molecule has 3 aromatic carbocycles. The predicted octanol–water partition coefficient (Wildman–Crippen LogP) is 4.38. The van der Waals surface area contributed by atoms with Gasteiger partial charge in [0.2, 0.25) is 0 Å². The van der Waals surface area contributed by atoms with Gasteiger partial charge < -0.3 is 9.84 Å². The minimum absolute atomic E-state index is 0.106. The molecule has 2 N–H and O–H groups in total. The Balaban J connectivity index is 1.64. The van der Waals surface area contributed by atoms with Crippen LogP contribution in [0.3, 0.4) is 0 Å². The first-order chi connectivity index (χ1) is 14.0. The lowest BCUT2D eigenvalue weighted by molar-refractivity contribution is 0.0696. The van der Waals surface area contributed by atoms with E-state index in [-0.39, 0.29) is 5.56 Å². The lowest BCUT2D eigenvalue weighted by Crippen LogP contribution is -2.17. The summed E-state index contributed by atoms with van der Waals surface area (Å²) in [7, 11) is 0. The van der Waals surface area contributed by atoms with Crippen LogP contribution in [0.4, 0.5) is 0 Å². The molecule has 0 aliphatic rings. The highest BCUT2D eigenvalue weighted by Crippen LogP contribution is 2.20. The van der Waals surface area contributed by atoms with Crippen LogP contribution < -0.4 is 10.2 Å². The maximum Gasteiger partial charge on any atom is 0.335 e. The SMILES string of the molecule is O=C(O)c1ccc(C(=O)N/N=C/c2ccccc2OCc2ccccc2Cl)cc1. The molecule has 3 rings (SSSR count). The highest BCUT2D eigenvalue weighted by atomic mass is 35.5. The van der Waals surface area contributed by atoms with E-state index in [1.807, 2.05) is 30.3 Å². The van der Waals surface area contributed by atoms with Crippen LogP contribution in [0, 0.1) is 0 Å². The van der Waals surface area contributed by atoms with Crippen LogP contribution in [-0.4, -0.2) is 23.2 Å². The summed E-state index contributed by atoms with van der Waals surface area (Å²) in [5, 5.41) is 13.5. The number of hydrogen-bond acceptors (Lipinski definition) is 4. The van der Waals surface area contributed by atoms with E-state index in [0.29, 0.717) is 28.5 Å². The Bertz CT molecular complexity index is 1050. The minimum atomic E-state index is -1.05. The molecule has 0 bridgehead atoms. The minimum Gasteiger partial charge on any atom is -0.488 e. The lowest BCUT2D eigenvalue weighted by Gasteiger charge is -2.10. The van der Waals surface area contributed by atoms with Crippen LogP contribution in [0.25, 0.3) is 0 Å². The lowest BCUT2D eigenvalue weighted by atomic mass is 10.1. The summed E-state index contributed by atoms with van der Waals surface area (Å²) in [4.78, 5) is 23.0. The number of amides is 1. The van der Waals surface area contributed by atoms with Crippen molar-refractivity contribution >= 4 is 29.7 Å². The van der Waals surface area contributed by atoms with Crippen molar-refractivity contribution in [2.24, 2.45) is 5.10 Å².